The molecule has 0 atom stereocenters. The molecule has 0 aliphatic rings. The number of ether oxygens (including phenoxy) is 2. The molecule has 9 heteroatoms. The lowest BCUT2D eigenvalue weighted by atomic mass is 10.2. The predicted molar refractivity (Wildman–Crippen MR) is 107 cm³/mol. The van der Waals surface area contributed by atoms with Gasteiger partial charge in [-0.25, -0.2) is 13.8 Å². The number of aromatic nitrogens is 1. The zero-order valence-corrected chi connectivity index (χ0v) is 16.2. The van der Waals surface area contributed by atoms with Gasteiger partial charge < -0.3 is 9.47 Å². The van der Waals surface area contributed by atoms with Crippen molar-refractivity contribution in [3.63, 3.8) is 0 Å². The van der Waals surface area contributed by atoms with Gasteiger partial charge in [-0.05, 0) is 19.1 Å². The van der Waals surface area contributed by atoms with E-state index in [0.717, 1.165) is 18.2 Å². The molecule has 1 aromatic heterocycles. The number of benzene rings is 2. The first kappa shape index (κ1) is 20.4. The fourth-order valence-corrected chi connectivity index (χ4v) is 3.01. The van der Waals surface area contributed by atoms with Gasteiger partial charge in [0.2, 0.25) is 5.13 Å². The van der Waals surface area contributed by atoms with Crippen molar-refractivity contribution in [1.82, 2.24) is 4.98 Å². The molecule has 6 nitrogen and oxygen atoms in total. The Labute approximate surface area is 169 Å². The van der Waals surface area contributed by atoms with Crippen molar-refractivity contribution in [3.05, 3.63) is 70.7 Å². The van der Waals surface area contributed by atoms with Gasteiger partial charge in [0.15, 0.2) is 0 Å². The van der Waals surface area contributed by atoms with Crippen LogP contribution in [0.3, 0.4) is 0 Å². The van der Waals surface area contributed by atoms with Crippen molar-refractivity contribution in [2.24, 2.45) is 5.10 Å². The molecule has 0 saturated carbocycles. The van der Waals surface area contributed by atoms with Crippen LogP contribution in [0.15, 0.2) is 52.9 Å². The minimum atomic E-state index is -0.727. The number of hydrogen-bond acceptors (Lipinski definition) is 7. The Balaban J connectivity index is 1.65. The zero-order chi connectivity index (χ0) is 20.6. The third-order valence-corrected chi connectivity index (χ3v) is 4.33. The molecule has 0 aliphatic carbocycles. The summed E-state index contributed by atoms with van der Waals surface area (Å²) in [4.78, 5) is 15.7. The second-order valence-electron chi connectivity index (χ2n) is 5.74. The van der Waals surface area contributed by atoms with Crippen LogP contribution in [0.1, 0.15) is 18.2 Å². The standard InChI is InChI=1S/C20H17F2N3O3S/c1-2-27-19(26)10-16-12-29-20(24-16)25-23-11-13-5-3-4-6-18(13)28-17-8-14(21)7-15(22)9-17/h3-9,11-12H,2,10H2,1H3,(H,24,25). The number of rotatable bonds is 8. The molecule has 0 aliphatic heterocycles. The molecule has 0 bridgehead atoms. The van der Waals surface area contributed by atoms with E-state index in [1.165, 1.54) is 17.6 Å². The lowest BCUT2D eigenvalue weighted by Crippen LogP contribution is -2.07. The highest BCUT2D eigenvalue weighted by Gasteiger charge is 2.09. The van der Waals surface area contributed by atoms with Crippen LogP contribution in [0, 0.1) is 11.6 Å². The van der Waals surface area contributed by atoms with Crippen LogP contribution >= 0.6 is 11.3 Å². The second kappa shape index (κ2) is 9.74. The number of para-hydroxylation sites is 1. The normalized spacial score (nSPS) is 10.9. The quantitative estimate of drug-likeness (QED) is 0.325. The average molecular weight is 417 g/mol. The number of carbonyl (C=O) groups is 1. The summed E-state index contributed by atoms with van der Waals surface area (Å²) >= 11 is 1.30. The van der Waals surface area contributed by atoms with E-state index in [0.29, 0.717) is 28.7 Å². The van der Waals surface area contributed by atoms with Gasteiger partial charge in [-0.15, -0.1) is 11.3 Å². The molecule has 29 heavy (non-hydrogen) atoms. The van der Waals surface area contributed by atoms with Crippen LogP contribution in [0.2, 0.25) is 0 Å². The average Bonchev–Trinajstić information content (AvgIpc) is 3.09. The summed E-state index contributed by atoms with van der Waals surface area (Å²) in [7, 11) is 0. The van der Waals surface area contributed by atoms with Gasteiger partial charge in [0.25, 0.3) is 0 Å². The van der Waals surface area contributed by atoms with Crippen molar-refractivity contribution in [2.45, 2.75) is 13.3 Å². The zero-order valence-electron chi connectivity index (χ0n) is 15.4. The number of hydrazone groups is 1. The molecule has 0 amide bonds. The molecule has 0 spiro atoms. The first-order chi connectivity index (χ1) is 14.0. The van der Waals surface area contributed by atoms with Crippen molar-refractivity contribution >= 4 is 28.7 Å². The first-order valence-corrected chi connectivity index (χ1v) is 9.53. The van der Waals surface area contributed by atoms with Gasteiger partial charge >= 0.3 is 5.97 Å². The fourth-order valence-electron chi connectivity index (χ4n) is 2.35. The van der Waals surface area contributed by atoms with Crippen LogP contribution in [-0.2, 0) is 16.0 Å². The van der Waals surface area contributed by atoms with Crippen molar-refractivity contribution in [1.29, 1.82) is 0 Å². The third-order valence-electron chi connectivity index (χ3n) is 3.53. The smallest absolute Gasteiger partial charge is 0.311 e. The lowest BCUT2D eigenvalue weighted by molar-refractivity contribution is -0.142. The number of esters is 1. The molecule has 1 N–H and O–H groups in total. The van der Waals surface area contributed by atoms with Gasteiger partial charge in [-0.3, -0.25) is 10.2 Å². The van der Waals surface area contributed by atoms with E-state index in [9.17, 15) is 13.6 Å². The molecule has 0 saturated heterocycles. The van der Waals surface area contributed by atoms with Gasteiger partial charge in [-0.1, -0.05) is 12.1 Å². The van der Waals surface area contributed by atoms with Crippen molar-refractivity contribution < 1.29 is 23.0 Å². The predicted octanol–water partition coefficient (Wildman–Crippen LogP) is 4.77. The molecular formula is C20H17F2N3O3S. The number of nitrogens with zero attached hydrogens (tertiary/aromatic N) is 2. The Morgan fingerprint density at radius 2 is 2.00 bits per heavy atom. The van der Waals surface area contributed by atoms with E-state index in [1.54, 1.807) is 36.6 Å². The highest BCUT2D eigenvalue weighted by atomic mass is 32.1. The number of thiazole rings is 1. The maximum absolute atomic E-state index is 13.4. The lowest BCUT2D eigenvalue weighted by Gasteiger charge is -2.08. The van der Waals surface area contributed by atoms with E-state index in [4.69, 9.17) is 9.47 Å². The summed E-state index contributed by atoms with van der Waals surface area (Å²) in [6.45, 7) is 2.06. The summed E-state index contributed by atoms with van der Waals surface area (Å²) in [5.74, 6) is -1.37. The van der Waals surface area contributed by atoms with Gasteiger partial charge in [0.05, 0.1) is 24.9 Å². The molecule has 0 fully saturated rings. The highest BCUT2D eigenvalue weighted by Crippen LogP contribution is 2.26. The minimum Gasteiger partial charge on any atom is -0.466 e. The minimum absolute atomic E-state index is 0.0415. The summed E-state index contributed by atoms with van der Waals surface area (Å²) in [5.41, 5.74) is 3.95. The van der Waals surface area contributed by atoms with Crippen LogP contribution in [0.4, 0.5) is 13.9 Å². The van der Waals surface area contributed by atoms with Gasteiger partial charge in [0, 0.05) is 29.1 Å². The van der Waals surface area contributed by atoms with E-state index >= 15 is 0 Å². The molecule has 0 unspecified atom stereocenters. The number of nitrogens with one attached hydrogen (secondary N) is 1. The van der Waals surface area contributed by atoms with Crippen LogP contribution in [0.25, 0.3) is 0 Å². The summed E-state index contributed by atoms with van der Waals surface area (Å²) in [6.07, 6.45) is 1.59. The molecule has 3 aromatic rings. The molecule has 0 radical (unpaired) electrons. The second-order valence-corrected chi connectivity index (χ2v) is 6.60. The number of carbonyl (C=O) groups excluding carboxylic acids is 1. The van der Waals surface area contributed by atoms with Crippen molar-refractivity contribution in [2.75, 3.05) is 12.0 Å². The molecule has 1 heterocycles. The summed E-state index contributed by atoms with van der Waals surface area (Å²) < 4.78 is 37.2. The molecular weight excluding hydrogens is 400 g/mol. The maximum Gasteiger partial charge on any atom is 0.311 e. The van der Waals surface area contributed by atoms with Gasteiger partial charge in [-0.2, -0.15) is 5.10 Å². The topological polar surface area (TPSA) is 72.8 Å². The Morgan fingerprint density at radius 3 is 2.76 bits per heavy atom. The number of anilines is 1. The van der Waals surface area contributed by atoms with E-state index in [2.05, 4.69) is 15.5 Å². The maximum atomic E-state index is 13.4. The Hall–Kier alpha value is -3.33. The largest absolute Gasteiger partial charge is 0.466 e. The summed E-state index contributed by atoms with van der Waals surface area (Å²) in [5, 5.41) is 6.35. The molecule has 3 rings (SSSR count). The number of halogens is 2. The Bertz CT molecular complexity index is 1000. The summed E-state index contributed by atoms with van der Waals surface area (Å²) in [6, 6.07) is 9.87. The van der Waals surface area contributed by atoms with Crippen molar-refractivity contribution in [3.8, 4) is 11.5 Å². The van der Waals surface area contributed by atoms with E-state index in [-0.39, 0.29) is 18.1 Å². The van der Waals surface area contributed by atoms with Crippen LogP contribution < -0.4 is 10.2 Å². The fraction of sp³-hybridized carbons (Fsp3) is 0.150. The van der Waals surface area contributed by atoms with Gasteiger partial charge in [0.1, 0.15) is 23.1 Å². The molecule has 2 aromatic carbocycles. The first-order valence-electron chi connectivity index (χ1n) is 8.65. The monoisotopic (exact) mass is 417 g/mol. The third kappa shape index (κ3) is 6.08. The van der Waals surface area contributed by atoms with Crippen LogP contribution in [-0.4, -0.2) is 23.8 Å². The number of hydrogen-bond donors (Lipinski definition) is 1. The SMILES string of the molecule is CCOC(=O)Cc1csc(NN=Cc2ccccc2Oc2cc(F)cc(F)c2)n1. The van der Waals surface area contributed by atoms with Crippen LogP contribution in [0.5, 0.6) is 11.5 Å². The highest BCUT2D eigenvalue weighted by molar-refractivity contribution is 7.13. The molecule has 150 valence electrons. The van der Waals surface area contributed by atoms with E-state index < -0.39 is 11.6 Å². The Kier molecular flexibility index (Phi) is 6.85. The van der Waals surface area contributed by atoms with E-state index in [1.807, 2.05) is 0 Å². The Morgan fingerprint density at radius 1 is 1.24 bits per heavy atom.